The second kappa shape index (κ2) is 6.44. The molecule has 128 valence electrons. The Hall–Kier alpha value is -2.47. The summed E-state index contributed by atoms with van der Waals surface area (Å²) in [6.45, 7) is 1.73. The molecule has 0 spiro atoms. The first-order valence-corrected chi connectivity index (χ1v) is 9.30. The summed E-state index contributed by atoms with van der Waals surface area (Å²) >= 11 is 1.63. The molecule has 1 aliphatic rings. The highest BCUT2D eigenvalue weighted by molar-refractivity contribution is 7.10. The number of benzene rings is 1. The molecule has 1 N–H and O–H groups in total. The molecule has 25 heavy (non-hydrogen) atoms. The second-order valence-electron chi connectivity index (χ2n) is 6.27. The van der Waals surface area contributed by atoms with Crippen molar-refractivity contribution < 1.29 is 9.53 Å². The number of aryl methyl sites for hydroxylation is 1. The van der Waals surface area contributed by atoms with Crippen molar-refractivity contribution in [1.82, 2.24) is 9.97 Å². The molecule has 0 saturated heterocycles. The van der Waals surface area contributed by atoms with E-state index < -0.39 is 6.10 Å². The van der Waals surface area contributed by atoms with Gasteiger partial charge in [-0.05, 0) is 50.3 Å². The number of para-hydroxylation sites is 1. The van der Waals surface area contributed by atoms with Crippen LogP contribution in [0, 0.1) is 0 Å². The van der Waals surface area contributed by atoms with Crippen LogP contribution in [0.2, 0.25) is 0 Å². The summed E-state index contributed by atoms with van der Waals surface area (Å²) in [5, 5.41) is 2.42. The zero-order chi connectivity index (χ0) is 17.4. The fourth-order valence-corrected chi connectivity index (χ4v) is 4.36. The van der Waals surface area contributed by atoms with Gasteiger partial charge in [-0.1, -0.05) is 12.1 Å². The summed E-state index contributed by atoms with van der Waals surface area (Å²) in [6.07, 6.45) is 3.65. The molecule has 6 heteroatoms. The molecule has 4 rings (SSSR count). The highest BCUT2D eigenvalue weighted by atomic mass is 32.1. The van der Waals surface area contributed by atoms with Gasteiger partial charge in [0, 0.05) is 10.3 Å². The molecule has 1 aromatic carbocycles. The number of H-pyrrole nitrogens is 1. The Balaban J connectivity index is 1.59. The number of hydrogen-bond donors (Lipinski definition) is 1. The van der Waals surface area contributed by atoms with Crippen LogP contribution in [-0.2, 0) is 17.6 Å². The third-order valence-corrected chi connectivity index (χ3v) is 5.67. The number of nitrogens with zero attached hydrogens (tertiary/aromatic N) is 1. The topological polar surface area (TPSA) is 72.0 Å². The van der Waals surface area contributed by atoms with Crippen molar-refractivity contribution >= 4 is 28.2 Å². The average Bonchev–Trinajstić information content (AvgIpc) is 3.06. The zero-order valence-electron chi connectivity index (χ0n) is 13.9. The lowest BCUT2D eigenvalue weighted by molar-refractivity contribution is 0.0319. The number of rotatable bonds is 3. The van der Waals surface area contributed by atoms with Gasteiger partial charge < -0.3 is 9.72 Å². The maximum Gasteiger partial charge on any atom is 0.339 e. The molecule has 0 radical (unpaired) electrons. The monoisotopic (exact) mass is 354 g/mol. The van der Waals surface area contributed by atoms with Crippen LogP contribution in [0.4, 0.5) is 0 Å². The number of aromatic amines is 1. The quantitative estimate of drug-likeness (QED) is 0.727. The molecule has 5 nitrogen and oxygen atoms in total. The van der Waals surface area contributed by atoms with Gasteiger partial charge in [-0.15, -0.1) is 11.3 Å². The van der Waals surface area contributed by atoms with Crippen molar-refractivity contribution in [1.29, 1.82) is 0 Å². The summed E-state index contributed by atoms with van der Waals surface area (Å²) in [6, 6.07) is 7.12. The lowest BCUT2D eigenvalue weighted by Crippen LogP contribution is -2.18. The number of ether oxygens (including phenoxy) is 1. The van der Waals surface area contributed by atoms with E-state index in [1.807, 2.05) is 11.4 Å². The van der Waals surface area contributed by atoms with E-state index in [1.165, 1.54) is 11.3 Å². The number of carbonyl (C=O) groups excluding carboxylic acids is 1. The van der Waals surface area contributed by atoms with Crippen molar-refractivity contribution in [2.24, 2.45) is 0 Å². The zero-order valence-corrected chi connectivity index (χ0v) is 14.7. The largest absolute Gasteiger partial charge is 0.451 e. The van der Waals surface area contributed by atoms with E-state index in [0.29, 0.717) is 22.3 Å². The number of hydrogen-bond acceptors (Lipinski definition) is 5. The number of fused-ring (bicyclic) bond motifs is 2. The van der Waals surface area contributed by atoms with Gasteiger partial charge >= 0.3 is 5.97 Å². The Morgan fingerprint density at radius 2 is 2.08 bits per heavy atom. The smallest absolute Gasteiger partial charge is 0.339 e. The maximum absolute atomic E-state index is 12.6. The van der Waals surface area contributed by atoms with E-state index in [1.54, 1.807) is 36.5 Å². The van der Waals surface area contributed by atoms with Crippen LogP contribution in [0.15, 0.2) is 34.4 Å². The van der Waals surface area contributed by atoms with Crippen LogP contribution in [0.3, 0.4) is 0 Å². The minimum atomic E-state index is -0.621. The van der Waals surface area contributed by atoms with Crippen LogP contribution in [0.5, 0.6) is 0 Å². The molecular weight excluding hydrogens is 336 g/mol. The predicted molar refractivity (Wildman–Crippen MR) is 97.2 cm³/mol. The molecule has 3 aromatic rings. The van der Waals surface area contributed by atoms with E-state index in [2.05, 4.69) is 9.97 Å². The fraction of sp³-hybridized carbons (Fsp3) is 0.316. The van der Waals surface area contributed by atoms with Crippen LogP contribution in [0.25, 0.3) is 10.9 Å². The molecular formula is C19H18N2O3S. The second-order valence-corrected chi connectivity index (χ2v) is 7.24. The molecule has 0 saturated carbocycles. The van der Waals surface area contributed by atoms with Crippen LogP contribution in [0.1, 0.15) is 52.5 Å². The standard InChI is InChI=1S/C19H18N2O3S/c1-11(17-20-15-8-4-2-7-13(15)18(22)21-17)24-19(23)14-10-25-16-9-5-3-6-12(14)16/h2,4,7-8,10-11H,3,5-6,9H2,1H3,(H,20,21,22)/t11-/m1/s1. The van der Waals surface area contributed by atoms with E-state index in [0.717, 1.165) is 24.8 Å². The first-order chi connectivity index (χ1) is 12.1. The molecule has 2 aromatic heterocycles. The lowest BCUT2D eigenvalue weighted by atomic mass is 9.96. The molecule has 0 aliphatic heterocycles. The number of carbonyl (C=O) groups is 1. The van der Waals surface area contributed by atoms with E-state index in [-0.39, 0.29) is 11.5 Å². The Bertz CT molecular complexity index is 1010. The van der Waals surface area contributed by atoms with Crippen molar-refractivity contribution in [2.75, 3.05) is 0 Å². The van der Waals surface area contributed by atoms with Crippen LogP contribution >= 0.6 is 11.3 Å². The first kappa shape index (κ1) is 16.0. The molecule has 0 fully saturated rings. The van der Waals surface area contributed by atoms with Gasteiger partial charge in [0.05, 0.1) is 16.5 Å². The van der Waals surface area contributed by atoms with Crippen molar-refractivity contribution in [2.45, 2.75) is 38.7 Å². The van der Waals surface area contributed by atoms with Gasteiger partial charge in [-0.25, -0.2) is 9.78 Å². The molecule has 0 unspecified atom stereocenters. The number of aromatic nitrogens is 2. The van der Waals surface area contributed by atoms with Gasteiger partial charge in [-0.3, -0.25) is 4.79 Å². The molecule has 1 aliphatic carbocycles. The molecule has 0 bridgehead atoms. The van der Waals surface area contributed by atoms with Crippen LogP contribution < -0.4 is 5.56 Å². The highest BCUT2D eigenvalue weighted by Crippen LogP contribution is 2.31. The minimum Gasteiger partial charge on any atom is -0.451 e. The average molecular weight is 354 g/mol. The summed E-state index contributed by atoms with van der Waals surface area (Å²) in [5.41, 5.74) is 2.16. The minimum absolute atomic E-state index is 0.226. The van der Waals surface area contributed by atoms with E-state index in [9.17, 15) is 9.59 Å². The third kappa shape index (κ3) is 2.98. The Kier molecular flexibility index (Phi) is 4.13. The Morgan fingerprint density at radius 3 is 2.96 bits per heavy atom. The normalized spacial score (nSPS) is 14.9. The Morgan fingerprint density at radius 1 is 1.28 bits per heavy atom. The summed E-state index contributed by atoms with van der Waals surface area (Å²) < 4.78 is 5.59. The molecule has 2 heterocycles. The van der Waals surface area contributed by atoms with Crippen molar-refractivity contribution in [3.8, 4) is 0 Å². The first-order valence-electron chi connectivity index (χ1n) is 8.42. The lowest BCUT2D eigenvalue weighted by Gasteiger charge is -2.15. The molecule has 1 atom stereocenters. The Labute approximate surface area is 148 Å². The molecule has 0 amide bonds. The van der Waals surface area contributed by atoms with Gasteiger partial charge in [0.1, 0.15) is 0 Å². The van der Waals surface area contributed by atoms with E-state index >= 15 is 0 Å². The summed E-state index contributed by atoms with van der Waals surface area (Å²) in [7, 11) is 0. The van der Waals surface area contributed by atoms with Gasteiger partial charge in [0.25, 0.3) is 5.56 Å². The van der Waals surface area contributed by atoms with Crippen molar-refractivity contribution in [3.63, 3.8) is 0 Å². The van der Waals surface area contributed by atoms with Gasteiger partial charge in [0.15, 0.2) is 11.9 Å². The highest BCUT2D eigenvalue weighted by Gasteiger charge is 2.23. The predicted octanol–water partition coefficient (Wildman–Crippen LogP) is 3.78. The number of nitrogens with one attached hydrogen (secondary N) is 1. The number of thiophene rings is 1. The van der Waals surface area contributed by atoms with Crippen LogP contribution in [-0.4, -0.2) is 15.9 Å². The third-order valence-electron chi connectivity index (χ3n) is 4.58. The maximum atomic E-state index is 12.6. The van der Waals surface area contributed by atoms with Gasteiger partial charge in [-0.2, -0.15) is 0 Å². The van der Waals surface area contributed by atoms with E-state index in [4.69, 9.17) is 4.74 Å². The SMILES string of the molecule is C[C@@H](OC(=O)c1csc2c1CCCC2)c1nc2ccccc2c(=O)[nH]1. The van der Waals surface area contributed by atoms with Crippen molar-refractivity contribution in [3.05, 3.63) is 61.8 Å². The number of esters is 1. The fourth-order valence-electron chi connectivity index (χ4n) is 3.24. The van der Waals surface area contributed by atoms with Gasteiger partial charge in [0.2, 0.25) is 0 Å². The summed E-state index contributed by atoms with van der Waals surface area (Å²) in [5.74, 6) is 0.0175. The summed E-state index contributed by atoms with van der Waals surface area (Å²) in [4.78, 5) is 33.2.